The number of carbonyl (C=O) groups is 2. The van der Waals surface area contributed by atoms with Crippen molar-refractivity contribution in [3.8, 4) is 0 Å². The maximum absolute atomic E-state index is 13.2. The van der Waals surface area contributed by atoms with Gasteiger partial charge >= 0.3 is 0 Å². The fraction of sp³-hybridized carbons (Fsp3) is 0.333. The van der Waals surface area contributed by atoms with E-state index in [1.165, 1.54) is 37.9 Å². The highest BCUT2D eigenvalue weighted by molar-refractivity contribution is 6.32. The van der Waals surface area contributed by atoms with E-state index in [-0.39, 0.29) is 17.9 Å². The Morgan fingerprint density at radius 1 is 0.974 bits per heavy atom. The third-order valence-corrected chi connectivity index (χ3v) is 8.02. The number of nitrogens with one attached hydrogen (secondary N) is 3. The van der Waals surface area contributed by atoms with Crippen LogP contribution in [-0.4, -0.2) is 29.8 Å². The first-order chi connectivity index (χ1) is 19.0. The molecule has 0 spiro atoms. The Hall–Kier alpha value is -3.90. The van der Waals surface area contributed by atoms with Crippen LogP contribution in [0.4, 0.5) is 11.4 Å². The van der Waals surface area contributed by atoms with E-state index in [9.17, 15) is 9.59 Å². The number of fused-ring (bicyclic) bond motifs is 1. The lowest BCUT2D eigenvalue weighted by molar-refractivity contribution is -0.110. The van der Waals surface area contributed by atoms with E-state index in [1.54, 1.807) is 6.07 Å². The van der Waals surface area contributed by atoms with E-state index < -0.39 is 0 Å². The number of piperidine rings is 1. The van der Waals surface area contributed by atoms with Crippen LogP contribution in [0.2, 0.25) is 0 Å². The van der Waals surface area contributed by atoms with Crippen LogP contribution in [0.25, 0.3) is 5.57 Å². The van der Waals surface area contributed by atoms with Gasteiger partial charge in [0.05, 0.1) is 11.6 Å². The molecule has 3 aromatic rings. The summed E-state index contributed by atoms with van der Waals surface area (Å²) in [7, 11) is 0. The van der Waals surface area contributed by atoms with Crippen molar-refractivity contribution in [1.82, 2.24) is 10.2 Å². The predicted molar refractivity (Wildman–Crippen MR) is 156 cm³/mol. The lowest BCUT2D eigenvalue weighted by Gasteiger charge is -2.26. The molecule has 2 aliphatic heterocycles. The van der Waals surface area contributed by atoms with Gasteiger partial charge in [0.2, 0.25) is 0 Å². The topological polar surface area (TPSA) is 73.5 Å². The van der Waals surface area contributed by atoms with Crippen LogP contribution in [0.15, 0.2) is 78.5 Å². The normalized spacial score (nSPS) is 19.2. The summed E-state index contributed by atoms with van der Waals surface area (Å²) in [5.74, 6) is 0.0507. The lowest BCUT2D eigenvalue weighted by Crippen LogP contribution is -2.29. The molecule has 6 nitrogen and oxygen atoms in total. The van der Waals surface area contributed by atoms with E-state index in [4.69, 9.17) is 0 Å². The highest BCUT2D eigenvalue weighted by Crippen LogP contribution is 2.44. The highest BCUT2D eigenvalue weighted by Gasteiger charge is 2.35. The molecule has 1 atom stereocenters. The zero-order valence-electron chi connectivity index (χ0n) is 22.5. The van der Waals surface area contributed by atoms with Gasteiger partial charge in [-0.3, -0.25) is 14.5 Å². The third-order valence-electron chi connectivity index (χ3n) is 8.02. The summed E-state index contributed by atoms with van der Waals surface area (Å²) < 4.78 is 0. The molecule has 6 heteroatoms. The van der Waals surface area contributed by atoms with Gasteiger partial charge in [0.15, 0.2) is 0 Å². The second-order valence-corrected chi connectivity index (χ2v) is 11.0. The SMILES string of the molecule is C[C@@H](NC(=O)c1ccc2c(c1)/C(=C(/Nc1ccc(CN3CCCCC3)cc1)C1CC1)C(=O)N2)c1ccccc1. The van der Waals surface area contributed by atoms with Crippen LogP contribution in [-0.2, 0) is 11.3 Å². The number of amides is 2. The highest BCUT2D eigenvalue weighted by atomic mass is 16.2. The fourth-order valence-electron chi connectivity index (χ4n) is 5.65. The van der Waals surface area contributed by atoms with E-state index in [2.05, 4.69) is 45.1 Å². The Kier molecular flexibility index (Phi) is 7.20. The molecule has 0 aromatic heterocycles. The molecule has 0 unspecified atom stereocenters. The first kappa shape index (κ1) is 25.4. The smallest absolute Gasteiger partial charge is 0.258 e. The van der Waals surface area contributed by atoms with Gasteiger partial charge < -0.3 is 16.0 Å². The molecule has 1 aliphatic carbocycles. The molecule has 1 saturated heterocycles. The Balaban J connectivity index is 1.23. The molecule has 3 aromatic carbocycles. The number of benzene rings is 3. The minimum atomic E-state index is -0.155. The number of carbonyl (C=O) groups excluding carboxylic acids is 2. The zero-order chi connectivity index (χ0) is 26.8. The van der Waals surface area contributed by atoms with Gasteiger partial charge in [0.1, 0.15) is 0 Å². The number of anilines is 2. The monoisotopic (exact) mass is 520 g/mol. The second kappa shape index (κ2) is 11.1. The van der Waals surface area contributed by atoms with Crippen LogP contribution in [0.5, 0.6) is 0 Å². The molecule has 6 rings (SSSR count). The van der Waals surface area contributed by atoms with Gasteiger partial charge in [-0.2, -0.15) is 0 Å². The van der Waals surface area contributed by atoms with Gasteiger partial charge in [-0.25, -0.2) is 0 Å². The molecule has 2 fully saturated rings. The number of rotatable bonds is 8. The van der Waals surface area contributed by atoms with Gasteiger partial charge in [0.25, 0.3) is 11.8 Å². The molecular weight excluding hydrogens is 484 g/mol. The van der Waals surface area contributed by atoms with Crippen molar-refractivity contribution in [2.24, 2.45) is 5.92 Å². The Labute approximate surface area is 230 Å². The maximum atomic E-state index is 13.2. The van der Waals surface area contributed by atoms with Crippen molar-refractivity contribution in [2.75, 3.05) is 23.7 Å². The average molecular weight is 521 g/mol. The van der Waals surface area contributed by atoms with Crippen molar-refractivity contribution >= 4 is 28.8 Å². The van der Waals surface area contributed by atoms with Crippen LogP contribution >= 0.6 is 0 Å². The van der Waals surface area contributed by atoms with Gasteiger partial charge in [-0.1, -0.05) is 48.9 Å². The van der Waals surface area contributed by atoms with Crippen molar-refractivity contribution in [3.63, 3.8) is 0 Å². The van der Waals surface area contributed by atoms with Gasteiger partial charge in [0, 0.05) is 34.7 Å². The average Bonchev–Trinajstić information content (AvgIpc) is 3.76. The maximum Gasteiger partial charge on any atom is 0.258 e. The van der Waals surface area contributed by atoms with E-state index in [1.807, 2.05) is 49.4 Å². The lowest BCUT2D eigenvalue weighted by atomic mass is 9.99. The predicted octanol–water partition coefficient (Wildman–Crippen LogP) is 6.35. The number of likely N-dealkylation sites (tertiary alicyclic amines) is 1. The van der Waals surface area contributed by atoms with Crippen molar-refractivity contribution < 1.29 is 9.59 Å². The molecule has 0 radical (unpaired) electrons. The van der Waals surface area contributed by atoms with Crippen LogP contribution in [0, 0.1) is 5.92 Å². The quantitative estimate of drug-likeness (QED) is 0.303. The van der Waals surface area contributed by atoms with E-state index in [0.29, 0.717) is 17.1 Å². The third kappa shape index (κ3) is 5.76. The zero-order valence-corrected chi connectivity index (χ0v) is 22.5. The summed E-state index contributed by atoms with van der Waals surface area (Å²) in [5.41, 5.74) is 7.02. The summed E-state index contributed by atoms with van der Waals surface area (Å²) in [6.07, 6.45) is 6.02. The molecule has 3 aliphatic rings. The largest absolute Gasteiger partial charge is 0.358 e. The number of hydrogen-bond donors (Lipinski definition) is 3. The summed E-state index contributed by atoms with van der Waals surface area (Å²) in [5, 5.41) is 9.69. The molecule has 39 heavy (non-hydrogen) atoms. The summed E-state index contributed by atoms with van der Waals surface area (Å²) in [6, 6.07) is 23.9. The summed E-state index contributed by atoms with van der Waals surface area (Å²) >= 11 is 0. The summed E-state index contributed by atoms with van der Waals surface area (Å²) in [4.78, 5) is 28.9. The van der Waals surface area contributed by atoms with Gasteiger partial charge in [-0.15, -0.1) is 0 Å². The van der Waals surface area contributed by atoms with Crippen molar-refractivity contribution in [1.29, 1.82) is 0 Å². The molecule has 2 heterocycles. The first-order valence-electron chi connectivity index (χ1n) is 14.2. The van der Waals surface area contributed by atoms with E-state index >= 15 is 0 Å². The molecule has 3 N–H and O–H groups in total. The molecule has 200 valence electrons. The molecule has 2 amide bonds. The molecule has 0 bridgehead atoms. The van der Waals surface area contributed by atoms with Gasteiger partial charge in [-0.05, 0) is 93.1 Å². The van der Waals surface area contributed by atoms with Crippen LogP contribution in [0.3, 0.4) is 0 Å². The Bertz CT molecular complexity index is 1390. The first-order valence-corrected chi connectivity index (χ1v) is 14.2. The van der Waals surface area contributed by atoms with Crippen molar-refractivity contribution in [3.05, 3.63) is 101 Å². The van der Waals surface area contributed by atoms with Crippen molar-refractivity contribution in [2.45, 2.75) is 51.6 Å². The van der Waals surface area contributed by atoms with Crippen LogP contribution in [0.1, 0.15) is 72.1 Å². The second-order valence-electron chi connectivity index (χ2n) is 11.0. The van der Waals surface area contributed by atoms with E-state index in [0.717, 1.165) is 47.6 Å². The fourth-order valence-corrected chi connectivity index (χ4v) is 5.65. The number of hydrogen-bond acceptors (Lipinski definition) is 4. The number of allylic oxidation sites excluding steroid dienone is 1. The molecular formula is C33H36N4O2. The summed E-state index contributed by atoms with van der Waals surface area (Å²) in [6.45, 7) is 5.32. The van der Waals surface area contributed by atoms with Crippen LogP contribution < -0.4 is 16.0 Å². The Morgan fingerprint density at radius 3 is 2.44 bits per heavy atom. The number of nitrogens with zero attached hydrogens (tertiary/aromatic N) is 1. The Morgan fingerprint density at radius 2 is 1.72 bits per heavy atom. The minimum Gasteiger partial charge on any atom is -0.358 e. The molecule has 1 saturated carbocycles. The standard InChI is InChI=1S/C33H36N4O2/c1-22(24-8-4-2-5-9-24)34-32(38)26-14-17-29-28(20-26)30(33(39)36-29)31(25-12-13-25)35-27-15-10-23(11-16-27)21-37-18-6-3-7-19-37/h2,4-5,8-11,14-17,20,22,25,35H,3,6-7,12-13,18-19,21H2,1H3,(H,34,38)(H,36,39)/b31-30-/t22-/m1/s1. The minimum absolute atomic E-state index is 0.115.